The molecule has 2 aromatic carbocycles. The molecule has 0 radical (unpaired) electrons. The second kappa shape index (κ2) is 9.31. The predicted molar refractivity (Wildman–Crippen MR) is 103 cm³/mol. The first-order valence-electron chi connectivity index (χ1n) is 7.00. The van der Waals surface area contributed by atoms with Gasteiger partial charge in [0.1, 0.15) is 24.5 Å². The number of hydrazine groups is 1. The minimum absolute atomic E-state index is 0.233. The van der Waals surface area contributed by atoms with Gasteiger partial charge in [0.05, 0.1) is 0 Å². The van der Waals surface area contributed by atoms with Crippen molar-refractivity contribution >= 4 is 58.8 Å². The summed E-state index contributed by atoms with van der Waals surface area (Å²) in [5, 5.41) is 3.77. The van der Waals surface area contributed by atoms with Crippen LogP contribution in [0.2, 0.25) is 10.0 Å². The van der Waals surface area contributed by atoms with Crippen LogP contribution in [-0.4, -0.2) is 17.7 Å². The molecule has 0 fully saturated rings. The van der Waals surface area contributed by atoms with Crippen LogP contribution < -0.4 is 16.2 Å². The molecule has 2 aromatic rings. The van der Waals surface area contributed by atoms with Crippen LogP contribution in [0.4, 0.5) is 10.1 Å². The highest BCUT2D eigenvalue weighted by Gasteiger charge is 2.15. The minimum Gasteiger partial charge on any atom is -0.331 e. The Hall–Kier alpha value is -2.22. The second-order valence-electron chi connectivity index (χ2n) is 4.72. The quantitative estimate of drug-likeness (QED) is 0.226. The first-order chi connectivity index (χ1) is 12.0. The zero-order valence-corrected chi connectivity index (χ0v) is 15.0. The summed E-state index contributed by atoms with van der Waals surface area (Å²) >= 11 is 17.2. The molecule has 0 aliphatic rings. The number of hydrogen-bond acceptors (Lipinski definition) is 3. The largest absolute Gasteiger partial charge is 0.331 e. The number of halogens is 3. The Morgan fingerprint density at radius 2 is 1.80 bits per heavy atom. The number of aldehydes is 1. The number of aliphatic imine (C=N–C) groups is 1. The minimum atomic E-state index is -0.853. The highest BCUT2D eigenvalue weighted by atomic mass is 35.5. The SMILES string of the molecule is O=CC(N=CNNC(=S)Nc1ccc(F)cc1)c1c(Cl)cccc1Cl. The third-order valence-corrected chi connectivity index (χ3v) is 3.88. The van der Waals surface area contributed by atoms with Gasteiger partial charge in [0, 0.05) is 21.3 Å². The molecular formula is C16H13Cl2FN4OS. The zero-order valence-electron chi connectivity index (χ0n) is 12.7. The van der Waals surface area contributed by atoms with E-state index in [1.165, 1.54) is 18.5 Å². The average Bonchev–Trinajstić information content (AvgIpc) is 2.58. The smallest absolute Gasteiger partial charge is 0.189 e. The van der Waals surface area contributed by atoms with Crippen molar-refractivity contribution in [1.82, 2.24) is 10.9 Å². The van der Waals surface area contributed by atoms with Crippen LogP contribution in [0.1, 0.15) is 11.6 Å². The third kappa shape index (κ3) is 5.67. The zero-order chi connectivity index (χ0) is 18.2. The molecule has 0 amide bonds. The molecule has 0 spiro atoms. The molecule has 0 bridgehead atoms. The van der Waals surface area contributed by atoms with E-state index in [0.29, 0.717) is 27.6 Å². The Labute approximate surface area is 159 Å². The number of nitrogens with one attached hydrogen (secondary N) is 3. The number of anilines is 1. The van der Waals surface area contributed by atoms with Gasteiger partial charge in [-0.3, -0.25) is 15.8 Å². The van der Waals surface area contributed by atoms with Gasteiger partial charge in [0.2, 0.25) is 0 Å². The van der Waals surface area contributed by atoms with Crippen LogP contribution in [0.3, 0.4) is 0 Å². The van der Waals surface area contributed by atoms with Crippen molar-refractivity contribution < 1.29 is 9.18 Å². The van der Waals surface area contributed by atoms with Crippen molar-refractivity contribution in [3.05, 3.63) is 63.9 Å². The van der Waals surface area contributed by atoms with Gasteiger partial charge in [0.15, 0.2) is 5.11 Å². The second-order valence-corrected chi connectivity index (χ2v) is 5.95. The summed E-state index contributed by atoms with van der Waals surface area (Å²) in [6.45, 7) is 0. The monoisotopic (exact) mass is 398 g/mol. The van der Waals surface area contributed by atoms with Crippen LogP contribution in [0.25, 0.3) is 0 Å². The van der Waals surface area contributed by atoms with E-state index in [0.717, 1.165) is 0 Å². The Balaban J connectivity index is 1.90. The summed E-state index contributed by atoms with van der Waals surface area (Å²) in [5.74, 6) is -0.340. The van der Waals surface area contributed by atoms with Crippen molar-refractivity contribution in [2.75, 3.05) is 5.32 Å². The fraction of sp³-hybridized carbons (Fsp3) is 0.0625. The number of thiocarbonyl (C=S) groups is 1. The molecule has 1 atom stereocenters. The summed E-state index contributed by atoms with van der Waals surface area (Å²) < 4.78 is 12.8. The van der Waals surface area contributed by atoms with Crippen LogP contribution in [0, 0.1) is 5.82 Å². The molecule has 9 heteroatoms. The van der Waals surface area contributed by atoms with Crippen LogP contribution in [-0.2, 0) is 4.79 Å². The fourth-order valence-electron chi connectivity index (χ4n) is 1.88. The number of hydrogen-bond donors (Lipinski definition) is 3. The molecule has 2 rings (SSSR count). The van der Waals surface area contributed by atoms with Crippen molar-refractivity contribution in [2.45, 2.75) is 6.04 Å². The lowest BCUT2D eigenvalue weighted by atomic mass is 10.1. The highest BCUT2D eigenvalue weighted by Crippen LogP contribution is 2.31. The highest BCUT2D eigenvalue weighted by molar-refractivity contribution is 7.80. The fourth-order valence-corrected chi connectivity index (χ4v) is 2.68. The summed E-state index contributed by atoms with van der Waals surface area (Å²) in [4.78, 5) is 15.3. The Kier molecular flexibility index (Phi) is 7.12. The Bertz CT molecular complexity index is 766. The van der Waals surface area contributed by atoms with E-state index in [4.69, 9.17) is 35.4 Å². The van der Waals surface area contributed by atoms with Crippen molar-refractivity contribution in [2.24, 2.45) is 4.99 Å². The summed E-state index contributed by atoms with van der Waals surface area (Å²) in [6.07, 6.45) is 1.89. The topological polar surface area (TPSA) is 65.5 Å². The first-order valence-corrected chi connectivity index (χ1v) is 8.16. The van der Waals surface area contributed by atoms with E-state index >= 15 is 0 Å². The van der Waals surface area contributed by atoms with Crippen LogP contribution in [0.15, 0.2) is 47.5 Å². The average molecular weight is 399 g/mol. The molecule has 1 unspecified atom stereocenters. The lowest BCUT2D eigenvalue weighted by molar-refractivity contribution is -0.108. The van der Waals surface area contributed by atoms with Crippen molar-refractivity contribution in [3.63, 3.8) is 0 Å². The van der Waals surface area contributed by atoms with Crippen molar-refractivity contribution in [3.8, 4) is 0 Å². The maximum atomic E-state index is 12.8. The van der Waals surface area contributed by atoms with Gasteiger partial charge in [-0.1, -0.05) is 29.3 Å². The normalized spacial score (nSPS) is 11.8. The maximum Gasteiger partial charge on any atom is 0.189 e. The van der Waals surface area contributed by atoms with E-state index in [1.807, 2.05) is 0 Å². The van der Waals surface area contributed by atoms with Gasteiger partial charge in [-0.05, 0) is 48.6 Å². The predicted octanol–water partition coefficient (Wildman–Crippen LogP) is 3.89. The molecule has 0 saturated carbocycles. The molecule has 130 valence electrons. The summed E-state index contributed by atoms with van der Waals surface area (Å²) in [7, 11) is 0. The van der Waals surface area contributed by atoms with E-state index in [-0.39, 0.29) is 10.9 Å². The van der Waals surface area contributed by atoms with Crippen LogP contribution >= 0.6 is 35.4 Å². The molecule has 3 N–H and O–H groups in total. The molecule has 0 aliphatic carbocycles. The van der Waals surface area contributed by atoms with Crippen molar-refractivity contribution in [1.29, 1.82) is 0 Å². The molecule has 5 nitrogen and oxygen atoms in total. The van der Waals surface area contributed by atoms with Gasteiger partial charge < -0.3 is 10.1 Å². The standard InChI is InChI=1S/C16H13Cl2FN4OS/c17-12-2-1-3-13(18)15(12)14(8-24)20-9-21-23-16(25)22-11-6-4-10(19)5-7-11/h1-9,14H,(H,20,21)(H2,22,23,25). The molecule has 0 aromatic heterocycles. The van der Waals surface area contributed by atoms with Gasteiger partial charge in [-0.2, -0.15) is 0 Å². The Morgan fingerprint density at radius 3 is 2.40 bits per heavy atom. The molecule has 0 saturated heterocycles. The third-order valence-electron chi connectivity index (χ3n) is 3.01. The van der Waals surface area contributed by atoms with E-state index in [9.17, 15) is 9.18 Å². The Morgan fingerprint density at radius 1 is 1.16 bits per heavy atom. The number of nitrogens with zero attached hydrogens (tertiary/aromatic N) is 1. The molecule has 25 heavy (non-hydrogen) atoms. The van der Waals surface area contributed by atoms with E-state index < -0.39 is 6.04 Å². The van der Waals surface area contributed by atoms with E-state index in [2.05, 4.69) is 21.2 Å². The summed E-state index contributed by atoms with van der Waals surface area (Å²) in [6, 6.07) is 9.78. The molecule has 0 heterocycles. The number of benzene rings is 2. The van der Waals surface area contributed by atoms with Crippen LogP contribution in [0.5, 0.6) is 0 Å². The number of carbonyl (C=O) groups is 1. The van der Waals surface area contributed by atoms with Gasteiger partial charge in [-0.25, -0.2) is 4.39 Å². The van der Waals surface area contributed by atoms with Gasteiger partial charge in [-0.15, -0.1) is 0 Å². The van der Waals surface area contributed by atoms with Gasteiger partial charge in [0.25, 0.3) is 0 Å². The lowest BCUT2D eigenvalue weighted by Gasteiger charge is -2.12. The van der Waals surface area contributed by atoms with Gasteiger partial charge >= 0.3 is 0 Å². The number of carbonyl (C=O) groups excluding carboxylic acids is 1. The summed E-state index contributed by atoms with van der Waals surface area (Å²) in [5.41, 5.74) is 6.32. The lowest BCUT2D eigenvalue weighted by Crippen LogP contribution is -2.39. The molecule has 0 aliphatic heterocycles. The maximum absolute atomic E-state index is 12.8. The van der Waals surface area contributed by atoms with E-state index in [1.54, 1.807) is 30.3 Å². The number of rotatable bonds is 6. The molecular weight excluding hydrogens is 386 g/mol. The first kappa shape index (κ1) is 19.1.